The fraction of sp³-hybridized carbons (Fsp3) is 0.522. The van der Waals surface area contributed by atoms with Crippen LogP contribution in [0.25, 0.3) is 0 Å². The lowest BCUT2D eigenvalue weighted by atomic mass is 9.98. The minimum absolute atomic E-state index is 0.249. The number of aromatic nitrogens is 1. The van der Waals surface area contributed by atoms with Gasteiger partial charge in [0.15, 0.2) is 0 Å². The molecule has 0 radical (unpaired) electrons. The van der Waals surface area contributed by atoms with Crippen molar-refractivity contribution >= 4 is 29.2 Å². The first-order chi connectivity index (χ1) is 15.3. The summed E-state index contributed by atoms with van der Waals surface area (Å²) in [5, 5.41) is 3.08. The van der Waals surface area contributed by atoms with Gasteiger partial charge >= 0.3 is 12.1 Å². The van der Waals surface area contributed by atoms with Gasteiger partial charge in [-0.25, -0.2) is 14.6 Å². The first-order valence-electron chi connectivity index (χ1n) is 10.8. The molecule has 0 saturated carbocycles. The Balaban J connectivity index is 1.27. The zero-order valence-corrected chi connectivity index (χ0v) is 19.5. The van der Waals surface area contributed by atoms with Crippen LogP contribution in [0.5, 0.6) is 0 Å². The van der Waals surface area contributed by atoms with Crippen molar-refractivity contribution in [3.63, 3.8) is 0 Å². The third-order valence-electron chi connectivity index (χ3n) is 5.36. The smallest absolute Gasteiger partial charge is 0.410 e. The lowest BCUT2D eigenvalue weighted by molar-refractivity contribution is -0.0716. The van der Waals surface area contributed by atoms with Crippen LogP contribution in [-0.4, -0.2) is 60.2 Å². The molecule has 1 unspecified atom stereocenters. The van der Waals surface area contributed by atoms with Gasteiger partial charge in [-0.1, -0.05) is 18.2 Å². The van der Waals surface area contributed by atoms with E-state index in [0.29, 0.717) is 37.8 Å². The molecule has 2 saturated heterocycles. The van der Waals surface area contributed by atoms with Gasteiger partial charge < -0.3 is 24.0 Å². The Labute approximate surface area is 192 Å². The predicted octanol–water partition coefficient (Wildman–Crippen LogP) is 4.23. The topological polar surface area (TPSA) is 81.2 Å². The van der Waals surface area contributed by atoms with Gasteiger partial charge in [0.25, 0.3) is 0 Å². The molecule has 0 bridgehead atoms. The molecule has 1 aromatic heterocycles. The molecule has 172 valence electrons. The molecule has 32 heavy (non-hydrogen) atoms. The molecule has 9 heteroatoms. The van der Waals surface area contributed by atoms with Crippen LogP contribution in [0, 0.1) is 0 Å². The molecule has 1 amide bonds. The third-order valence-corrected chi connectivity index (χ3v) is 6.36. The van der Waals surface area contributed by atoms with Crippen LogP contribution in [0.1, 0.15) is 54.9 Å². The maximum absolute atomic E-state index is 12.3. The number of benzene rings is 1. The number of likely N-dealkylation sites (tertiary alicyclic amines) is 1. The van der Waals surface area contributed by atoms with E-state index in [2.05, 4.69) is 0 Å². The maximum atomic E-state index is 12.3. The summed E-state index contributed by atoms with van der Waals surface area (Å²) >= 11 is 1.62. The standard InChI is InChI=1S/C23H29N3O5S/c1-23(2,3)31-22(28)25-11-9-16(10-12-25)20-24-18(14-32-20)26-13-19(29-15-26)30-21(27)17-7-5-4-6-8-17/h4-8,14,16,19H,9-13,15H2,1-3H3. The third kappa shape index (κ3) is 5.58. The van der Waals surface area contributed by atoms with Crippen LogP contribution in [0.4, 0.5) is 10.6 Å². The summed E-state index contributed by atoms with van der Waals surface area (Å²) in [6.45, 7) is 7.74. The summed E-state index contributed by atoms with van der Waals surface area (Å²) in [5.41, 5.74) is 0.0201. The molecule has 2 aliphatic heterocycles. The van der Waals surface area contributed by atoms with E-state index >= 15 is 0 Å². The van der Waals surface area contributed by atoms with Crippen molar-refractivity contribution in [1.29, 1.82) is 0 Å². The van der Waals surface area contributed by atoms with Crippen molar-refractivity contribution in [1.82, 2.24) is 9.88 Å². The number of hydrogen-bond donors (Lipinski definition) is 0. The number of rotatable bonds is 4. The van der Waals surface area contributed by atoms with E-state index in [0.717, 1.165) is 23.7 Å². The number of ether oxygens (including phenoxy) is 3. The molecular weight excluding hydrogens is 430 g/mol. The van der Waals surface area contributed by atoms with Crippen molar-refractivity contribution in [3.8, 4) is 0 Å². The number of anilines is 1. The SMILES string of the molecule is CC(C)(C)OC(=O)N1CCC(c2nc(N3COC(OC(=O)c4ccccc4)C3)cs2)CC1. The van der Waals surface area contributed by atoms with E-state index in [1.165, 1.54) is 0 Å². The van der Waals surface area contributed by atoms with Gasteiger partial charge in [-0.05, 0) is 45.7 Å². The molecule has 8 nitrogen and oxygen atoms in total. The van der Waals surface area contributed by atoms with Crippen molar-refractivity contribution in [2.24, 2.45) is 0 Å². The van der Waals surface area contributed by atoms with E-state index in [9.17, 15) is 9.59 Å². The van der Waals surface area contributed by atoms with Crippen LogP contribution in [0.3, 0.4) is 0 Å². The summed E-state index contributed by atoms with van der Waals surface area (Å²) in [6.07, 6.45) is 0.853. The van der Waals surface area contributed by atoms with Gasteiger partial charge in [-0.15, -0.1) is 11.3 Å². The predicted molar refractivity (Wildman–Crippen MR) is 121 cm³/mol. The Bertz CT molecular complexity index is 935. The second kappa shape index (κ2) is 9.46. The van der Waals surface area contributed by atoms with E-state index in [4.69, 9.17) is 19.2 Å². The summed E-state index contributed by atoms with van der Waals surface area (Å²) in [6, 6.07) is 8.89. The van der Waals surface area contributed by atoms with Gasteiger partial charge in [0, 0.05) is 24.4 Å². The minimum atomic E-state index is -0.620. The van der Waals surface area contributed by atoms with Crippen LogP contribution in [0.15, 0.2) is 35.7 Å². The number of carbonyl (C=O) groups is 2. The van der Waals surface area contributed by atoms with E-state index in [-0.39, 0.29) is 6.09 Å². The number of nitrogens with zero attached hydrogens (tertiary/aromatic N) is 3. The Morgan fingerprint density at radius 2 is 1.88 bits per heavy atom. The highest BCUT2D eigenvalue weighted by Gasteiger charge is 2.31. The summed E-state index contributed by atoms with van der Waals surface area (Å²) in [7, 11) is 0. The molecule has 3 heterocycles. The van der Waals surface area contributed by atoms with Crippen molar-refractivity contribution < 1.29 is 23.8 Å². The molecular formula is C23H29N3O5S. The lowest BCUT2D eigenvalue weighted by Gasteiger charge is -2.32. The van der Waals surface area contributed by atoms with Crippen molar-refractivity contribution in [2.45, 2.75) is 51.4 Å². The highest BCUT2D eigenvalue weighted by molar-refractivity contribution is 7.10. The van der Waals surface area contributed by atoms with Gasteiger partial charge in [0.2, 0.25) is 6.29 Å². The normalized spacial score (nSPS) is 19.8. The molecule has 1 aromatic carbocycles. The van der Waals surface area contributed by atoms with Crippen LogP contribution in [0.2, 0.25) is 0 Å². The Morgan fingerprint density at radius 3 is 2.56 bits per heavy atom. The van der Waals surface area contributed by atoms with Gasteiger partial charge in [0.05, 0.1) is 17.1 Å². The molecule has 4 rings (SSSR count). The zero-order chi connectivity index (χ0) is 22.7. The molecule has 0 aliphatic carbocycles. The monoisotopic (exact) mass is 459 g/mol. The molecule has 2 aliphatic rings. The highest BCUT2D eigenvalue weighted by Crippen LogP contribution is 2.33. The van der Waals surface area contributed by atoms with Crippen molar-refractivity contribution in [3.05, 3.63) is 46.3 Å². The quantitative estimate of drug-likeness (QED) is 0.633. The van der Waals surface area contributed by atoms with E-state index < -0.39 is 17.9 Å². The summed E-state index contributed by atoms with van der Waals surface area (Å²) < 4.78 is 16.6. The van der Waals surface area contributed by atoms with Crippen LogP contribution < -0.4 is 4.90 Å². The summed E-state index contributed by atoms with van der Waals surface area (Å²) in [4.78, 5) is 33.1. The van der Waals surface area contributed by atoms with E-state index in [1.54, 1.807) is 40.5 Å². The molecule has 0 N–H and O–H groups in total. The Hall–Kier alpha value is -2.65. The zero-order valence-electron chi connectivity index (χ0n) is 18.7. The first-order valence-corrected chi connectivity index (χ1v) is 11.7. The average molecular weight is 460 g/mol. The number of thiazole rings is 1. The first kappa shape index (κ1) is 22.5. The van der Waals surface area contributed by atoms with Gasteiger partial charge in [-0.2, -0.15) is 0 Å². The second-order valence-electron chi connectivity index (χ2n) is 9.00. The Morgan fingerprint density at radius 1 is 1.16 bits per heavy atom. The largest absolute Gasteiger partial charge is 0.444 e. The Kier molecular flexibility index (Phi) is 6.66. The number of amides is 1. The summed E-state index contributed by atoms with van der Waals surface area (Å²) in [5.74, 6) is 0.758. The van der Waals surface area contributed by atoms with E-state index in [1.807, 2.05) is 37.1 Å². The maximum Gasteiger partial charge on any atom is 0.410 e. The number of hydrogen-bond acceptors (Lipinski definition) is 8. The molecule has 1 atom stereocenters. The fourth-order valence-electron chi connectivity index (χ4n) is 3.70. The highest BCUT2D eigenvalue weighted by atomic mass is 32.1. The fourth-order valence-corrected chi connectivity index (χ4v) is 4.70. The van der Waals surface area contributed by atoms with Crippen LogP contribution >= 0.6 is 11.3 Å². The molecule has 0 spiro atoms. The van der Waals surface area contributed by atoms with Gasteiger partial charge in [-0.3, -0.25) is 0 Å². The lowest BCUT2D eigenvalue weighted by Crippen LogP contribution is -2.41. The minimum Gasteiger partial charge on any atom is -0.444 e. The van der Waals surface area contributed by atoms with Gasteiger partial charge in [0.1, 0.15) is 18.1 Å². The number of piperidine rings is 1. The number of esters is 1. The molecule has 2 fully saturated rings. The van der Waals surface area contributed by atoms with Crippen molar-refractivity contribution in [2.75, 3.05) is 31.3 Å². The van der Waals surface area contributed by atoms with Crippen LogP contribution in [-0.2, 0) is 14.2 Å². The second-order valence-corrected chi connectivity index (χ2v) is 9.89. The number of carbonyl (C=O) groups excluding carboxylic acids is 2. The molecule has 2 aromatic rings. The average Bonchev–Trinajstić information content (AvgIpc) is 3.43.